The molecule has 1 aliphatic carbocycles. The van der Waals surface area contributed by atoms with E-state index in [4.69, 9.17) is 16.2 Å². The number of aromatic nitrogens is 1. The fraction of sp³-hybridized carbons (Fsp3) is 0.0625. The van der Waals surface area contributed by atoms with Crippen LogP contribution in [0.3, 0.4) is 0 Å². The number of carbonyl (C=O) groups excluding carboxylic acids is 2. The minimum Gasteiger partial charge on any atom is -0.491 e. The van der Waals surface area contributed by atoms with Gasteiger partial charge in [0.1, 0.15) is 5.70 Å². The number of allylic oxidation sites excluding steroid dienone is 2. The molecule has 1 heterocycles. The fourth-order valence-electron chi connectivity index (χ4n) is 2.47. The third kappa shape index (κ3) is 1.93. The van der Waals surface area contributed by atoms with E-state index in [0.717, 1.165) is 0 Å². The molecule has 6 heteroatoms. The van der Waals surface area contributed by atoms with Crippen LogP contribution in [0.5, 0.6) is 0 Å². The Labute approximate surface area is 126 Å². The van der Waals surface area contributed by atoms with Crippen molar-refractivity contribution in [2.75, 3.05) is 12.8 Å². The molecule has 0 amide bonds. The van der Waals surface area contributed by atoms with E-state index in [0.29, 0.717) is 16.9 Å². The van der Waals surface area contributed by atoms with Gasteiger partial charge in [-0.1, -0.05) is 12.1 Å². The van der Waals surface area contributed by atoms with Crippen molar-refractivity contribution in [3.8, 4) is 11.3 Å². The number of methoxy groups -OCH3 is 1. The maximum Gasteiger partial charge on any atom is 0.230 e. The molecule has 1 aliphatic rings. The summed E-state index contributed by atoms with van der Waals surface area (Å²) >= 11 is 0. The number of anilines is 1. The van der Waals surface area contributed by atoms with Crippen LogP contribution < -0.4 is 11.5 Å². The van der Waals surface area contributed by atoms with Gasteiger partial charge in [0.25, 0.3) is 0 Å². The number of carbonyl (C=O) groups is 2. The highest BCUT2D eigenvalue weighted by Gasteiger charge is 2.34. The summed E-state index contributed by atoms with van der Waals surface area (Å²) in [4.78, 5) is 29.1. The van der Waals surface area contributed by atoms with Crippen LogP contribution >= 0.6 is 0 Å². The normalized spacial score (nSPS) is 14.0. The molecule has 110 valence electrons. The zero-order valence-corrected chi connectivity index (χ0v) is 11.8. The molecule has 0 fully saturated rings. The van der Waals surface area contributed by atoms with Gasteiger partial charge in [-0.05, 0) is 18.2 Å². The number of hydrogen-bond acceptors (Lipinski definition) is 6. The number of benzene rings is 1. The molecule has 0 spiro atoms. The number of fused-ring (bicyclic) bond motifs is 1. The van der Waals surface area contributed by atoms with Gasteiger partial charge in [0.2, 0.25) is 11.6 Å². The van der Waals surface area contributed by atoms with Gasteiger partial charge in [-0.25, -0.2) is 0 Å². The molecule has 22 heavy (non-hydrogen) atoms. The Morgan fingerprint density at radius 1 is 1.09 bits per heavy atom. The van der Waals surface area contributed by atoms with E-state index >= 15 is 0 Å². The highest BCUT2D eigenvalue weighted by Crippen LogP contribution is 2.31. The van der Waals surface area contributed by atoms with E-state index < -0.39 is 11.6 Å². The van der Waals surface area contributed by atoms with Crippen molar-refractivity contribution in [3.05, 3.63) is 59.1 Å². The first-order chi connectivity index (χ1) is 10.5. The van der Waals surface area contributed by atoms with Crippen molar-refractivity contribution in [2.24, 2.45) is 5.73 Å². The number of nitrogens with two attached hydrogens (primary N) is 2. The molecule has 4 N–H and O–H groups in total. The second-order valence-electron chi connectivity index (χ2n) is 4.81. The molecule has 0 unspecified atom stereocenters. The summed E-state index contributed by atoms with van der Waals surface area (Å²) in [6.07, 6.45) is 1.47. The van der Waals surface area contributed by atoms with Gasteiger partial charge in [-0.3, -0.25) is 14.6 Å². The number of nitrogen functional groups attached to an aromatic ring is 1. The molecule has 0 saturated carbocycles. The van der Waals surface area contributed by atoms with Gasteiger partial charge in [0, 0.05) is 23.0 Å². The summed E-state index contributed by atoms with van der Waals surface area (Å²) in [7, 11) is 1.30. The summed E-state index contributed by atoms with van der Waals surface area (Å²) in [6, 6.07) is 8.41. The van der Waals surface area contributed by atoms with Crippen LogP contribution in [0.1, 0.15) is 20.7 Å². The average molecular weight is 295 g/mol. The predicted octanol–water partition coefficient (Wildman–Crippen LogP) is 1.53. The van der Waals surface area contributed by atoms with E-state index in [-0.39, 0.29) is 22.6 Å². The quantitative estimate of drug-likeness (QED) is 0.813. The fourth-order valence-corrected chi connectivity index (χ4v) is 2.47. The molecule has 0 atom stereocenters. The van der Waals surface area contributed by atoms with Crippen LogP contribution in [0.2, 0.25) is 0 Å². The van der Waals surface area contributed by atoms with Gasteiger partial charge >= 0.3 is 0 Å². The Bertz CT molecular complexity index is 840. The number of pyridine rings is 1. The Balaban J connectivity index is 2.28. The number of Topliss-reactive ketones (excluding diaryl/α,β-unsaturated/α-hetero) is 2. The topological polar surface area (TPSA) is 108 Å². The van der Waals surface area contributed by atoms with E-state index in [1.165, 1.54) is 19.4 Å². The standard InChI is InChI=1S/C16H13N3O3/c1-22-16-12(18)15(21)11-10(14(16)20)5-6-19-13(11)8-3-2-4-9(17)7-8/h2-7H,17-18H2,1H3. The van der Waals surface area contributed by atoms with Crippen LogP contribution in [0.15, 0.2) is 48.0 Å². The first-order valence-electron chi connectivity index (χ1n) is 6.52. The van der Waals surface area contributed by atoms with Crippen LogP contribution in [-0.2, 0) is 4.74 Å². The van der Waals surface area contributed by atoms with Crippen LogP contribution in [0.4, 0.5) is 5.69 Å². The van der Waals surface area contributed by atoms with Crippen LogP contribution in [0.25, 0.3) is 11.3 Å². The zero-order valence-electron chi connectivity index (χ0n) is 11.8. The number of ether oxygens (including phenoxy) is 1. The van der Waals surface area contributed by atoms with Crippen molar-refractivity contribution >= 4 is 17.3 Å². The second kappa shape index (κ2) is 5.00. The summed E-state index contributed by atoms with van der Waals surface area (Å²) in [5.41, 5.74) is 13.3. The van der Waals surface area contributed by atoms with E-state index in [1.807, 2.05) is 0 Å². The van der Waals surface area contributed by atoms with Crippen LogP contribution in [0, 0.1) is 0 Å². The summed E-state index contributed by atoms with van der Waals surface area (Å²) in [6.45, 7) is 0. The molecule has 0 radical (unpaired) electrons. The maximum atomic E-state index is 12.5. The lowest BCUT2D eigenvalue weighted by molar-refractivity contribution is 0.0905. The lowest BCUT2D eigenvalue weighted by Crippen LogP contribution is -2.28. The van der Waals surface area contributed by atoms with Gasteiger partial charge < -0.3 is 16.2 Å². The summed E-state index contributed by atoms with van der Waals surface area (Å²) in [5, 5.41) is 0. The predicted molar refractivity (Wildman–Crippen MR) is 81.0 cm³/mol. The minimum absolute atomic E-state index is 0.137. The molecule has 6 nitrogen and oxygen atoms in total. The minimum atomic E-state index is -0.475. The van der Waals surface area contributed by atoms with Gasteiger partial charge in [-0.15, -0.1) is 0 Å². The molecule has 2 aromatic rings. The SMILES string of the molecule is COC1=C(N)C(=O)c2c(ccnc2-c2cccc(N)c2)C1=O. The largest absolute Gasteiger partial charge is 0.491 e. The highest BCUT2D eigenvalue weighted by molar-refractivity contribution is 6.27. The molecule has 0 aliphatic heterocycles. The van der Waals surface area contributed by atoms with Crippen molar-refractivity contribution in [1.29, 1.82) is 0 Å². The molecule has 0 saturated heterocycles. The van der Waals surface area contributed by atoms with Crippen molar-refractivity contribution in [1.82, 2.24) is 4.98 Å². The van der Waals surface area contributed by atoms with Gasteiger partial charge in [-0.2, -0.15) is 0 Å². The third-order valence-corrected chi connectivity index (χ3v) is 3.48. The zero-order chi connectivity index (χ0) is 15.9. The van der Waals surface area contributed by atoms with Crippen LogP contribution in [-0.4, -0.2) is 23.7 Å². The smallest absolute Gasteiger partial charge is 0.230 e. The molecule has 3 rings (SSSR count). The van der Waals surface area contributed by atoms with E-state index in [1.54, 1.807) is 24.3 Å². The molecule has 1 aromatic carbocycles. The first kappa shape index (κ1) is 13.8. The third-order valence-electron chi connectivity index (χ3n) is 3.48. The highest BCUT2D eigenvalue weighted by atomic mass is 16.5. The van der Waals surface area contributed by atoms with Crippen molar-refractivity contribution in [3.63, 3.8) is 0 Å². The number of nitrogens with zero attached hydrogens (tertiary/aromatic N) is 1. The molecular formula is C16H13N3O3. The van der Waals surface area contributed by atoms with Crippen molar-refractivity contribution < 1.29 is 14.3 Å². The average Bonchev–Trinajstić information content (AvgIpc) is 2.52. The number of hydrogen-bond donors (Lipinski definition) is 2. The lowest BCUT2D eigenvalue weighted by atomic mass is 9.88. The second-order valence-corrected chi connectivity index (χ2v) is 4.81. The number of rotatable bonds is 2. The lowest BCUT2D eigenvalue weighted by Gasteiger charge is -2.19. The first-order valence-corrected chi connectivity index (χ1v) is 6.52. The van der Waals surface area contributed by atoms with E-state index in [9.17, 15) is 9.59 Å². The van der Waals surface area contributed by atoms with Crippen molar-refractivity contribution in [2.45, 2.75) is 0 Å². The summed E-state index contributed by atoms with van der Waals surface area (Å²) in [5.74, 6) is -1.04. The van der Waals surface area contributed by atoms with Gasteiger partial charge in [0.05, 0.1) is 18.4 Å². The Hall–Kier alpha value is -3.15. The molecular weight excluding hydrogens is 282 g/mol. The van der Waals surface area contributed by atoms with Gasteiger partial charge in [0.15, 0.2) is 5.76 Å². The van der Waals surface area contributed by atoms with E-state index in [2.05, 4.69) is 4.98 Å². The summed E-state index contributed by atoms with van der Waals surface area (Å²) < 4.78 is 4.95. The molecule has 1 aromatic heterocycles. The Morgan fingerprint density at radius 2 is 1.86 bits per heavy atom. The number of ketones is 2. The Morgan fingerprint density at radius 3 is 2.55 bits per heavy atom. The Kier molecular flexibility index (Phi) is 3.14. The molecule has 0 bridgehead atoms. The maximum absolute atomic E-state index is 12.5. The monoisotopic (exact) mass is 295 g/mol.